The Kier molecular flexibility index (Phi) is 22.1. The standard InChI is InChI=1S/2C9H18N.2ClH.Li.Mg.Zn.3H/c2*1-8(2)6-5-7-9(3,4)10-8;;;;;;;;/h2*5-7H2,1-4H3;2*1H;;;;;;/q2*-1;;;+1;2*+2;3*-1. The van der Waals surface area contributed by atoms with Crippen molar-refractivity contribution in [2.24, 2.45) is 0 Å². The number of nitrogens with zero attached hydrogens (tertiary/aromatic N) is 2. The third kappa shape index (κ3) is 17.1. The van der Waals surface area contributed by atoms with Gasteiger partial charge >= 0.3 is 61.4 Å². The first-order valence-corrected chi connectivity index (χ1v) is 8.31. The first-order chi connectivity index (χ1) is 8.83. The summed E-state index contributed by atoms with van der Waals surface area (Å²) in [7, 11) is 0. The van der Waals surface area contributed by atoms with Gasteiger partial charge in [0, 0.05) is 0 Å². The Morgan fingerprint density at radius 2 is 0.720 bits per heavy atom. The third-order valence-corrected chi connectivity index (χ3v) is 4.36. The van der Waals surface area contributed by atoms with Crippen molar-refractivity contribution in [1.29, 1.82) is 0 Å². The molecule has 2 aliphatic heterocycles. The molecule has 0 bridgehead atoms. The Morgan fingerprint density at radius 1 is 0.560 bits per heavy atom. The predicted octanol–water partition coefficient (Wildman–Crippen LogP) is 4.00. The van der Waals surface area contributed by atoms with Gasteiger partial charge in [0.1, 0.15) is 0 Å². The molecule has 25 heavy (non-hydrogen) atoms. The van der Waals surface area contributed by atoms with Crippen LogP contribution in [-0.4, -0.2) is 45.2 Å². The molecular formula is C18H41Cl2LiMgN2Zn. The first-order valence-electron chi connectivity index (χ1n) is 8.31. The van der Waals surface area contributed by atoms with Gasteiger partial charge in [0.05, 0.1) is 0 Å². The zero-order chi connectivity index (χ0) is 15.7. The fourth-order valence-electron chi connectivity index (χ4n) is 3.77. The Hall–Kier alpha value is 2.49. The summed E-state index contributed by atoms with van der Waals surface area (Å²) in [5, 5.41) is 9.49. The van der Waals surface area contributed by atoms with Gasteiger partial charge in [0.25, 0.3) is 0 Å². The zero-order valence-corrected chi connectivity index (χ0v) is 24.4. The van der Waals surface area contributed by atoms with Gasteiger partial charge in [-0.15, -0.1) is 47.0 Å². The summed E-state index contributed by atoms with van der Waals surface area (Å²) in [5.74, 6) is 0. The summed E-state index contributed by atoms with van der Waals surface area (Å²) < 4.78 is 0. The van der Waals surface area contributed by atoms with E-state index in [2.05, 4.69) is 55.4 Å². The third-order valence-electron chi connectivity index (χ3n) is 4.36. The van der Waals surface area contributed by atoms with Gasteiger partial charge in [0.15, 0.2) is 0 Å². The van der Waals surface area contributed by atoms with Crippen LogP contribution in [0.1, 0.15) is 98.2 Å². The van der Waals surface area contributed by atoms with Crippen LogP contribution in [-0.2, 0) is 19.5 Å². The van der Waals surface area contributed by atoms with Gasteiger partial charge in [0.2, 0.25) is 0 Å². The van der Waals surface area contributed by atoms with Crippen molar-refractivity contribution in [1.82, 2.24) is 0 Å². The maximum absolute atomic E-state index is 4.75. The monoisotopic (exact) mass is 450 g/mol. The molecule has 0 aromatic carbocycles. The second kappa shape index (κ2) is 14.5. The predicted molar refractivity (Wildman–Crippen MR) is 114 cm³/mol. The summed E-state index contributed by atoms with van der Waals surface area (Å²) in [6.45, 7) is 17.8. The Balaban J connectivity index is -0.0000000370. The Labute approximate surface area is 215 Å². The average molecular weight is 453 g/mol. The zero-order valence-electron chi connectivity index (χ0n) is 21.4. The molecule has 2 aliphatic rings. The first kappa shape index (κ1) is 38.1. The number of piperidine rings is 2. The molecular weight excluding hydrogens is 412 g/mol. The van der Waals surface area contributed by atoms with Gasteiger partial charge in [-0.3, -0.25) is 0 Å². The largest absolute Gasteiger partial charge is 2.00 e. The second-order valence-electron chi connectivity index (χ2n) is 9.18. The van der Waals surface area contributed by atoms with Gasteiger partial charge < -0.3 is 14.9 Å². The summed E-state index contributed by atoms with van der Waals surface area (Å²) in [4.78, 5) is 0. The minimum absolute atomic E-state index is 0. The molecule has 0 atom stereocenters. The molecule has 0 amide bonds. The quantitative estimate of drug-likeness (QED) is 0.497. The van der Waals surface area contributed by atoms with Crippen LogP contribution < -0.4 is 18.9 Å². The normalized spacial score (nSPS) is 24.0. The molecule has 0 radical (unpaired) electrons. The minimum atomic E-state index is 0. The minimum Gasteiger partial charge on any atom is -1.00 e. The fourth-order valence-corrected chi connectivity index (χ4v) is 3.77. The number of rotatable bonds is 0. The Bertz CT molecular complexity index is 295. The van der Waals surface area contributed by atoms with Crippen LogP contribution in [0.4, 0.5) is 0 Å². The molecule has 2 heterocycles. The van der Waals surface area contributed by atoms with E-state index in [1.807, 2.05) is 0 Å². The van der Waals surface area contributed by atoms with Crippen molar-refractivity contribution in [3.8, 4) is 0 Å². The van der Waals surface area contributed by atoms with E-state index < -0.39 is 0 Å². The van der Waals surface area contributed by atoms with Crippen LogP contribution >= 0.6 is 24.8 Å². The van der Waals surface area contributed by atoms with Gasteiger partial charge in [-0.25, -0.2) is 0 Å². The smallest absolute Gasteiger partial charge is 1.00 e. The van der Waals surface area contributed by atoms with E-state index in [1.54, 1.807) is 0 Å². The molecule has 142 valence electrons. The maximum atomic E-state index is 4.75. The second-order valence-corrected chi connectivity index (χ2v) is 9.18. The van der Waals surface area contributed by atoms with Crippen LogP contribution in [0.2, 0.25) is 0 Å². The van der Waals surface area contributed by atoms with Crippen LogP contribution in [0.25, 0.3) is 10.6 Å². The average Bonchev–Trinajstić information content (AvgIpc) is 2.09. The fraction of sp³-hybridized carbons (Fsp3) is 1.00. The van der Waals surface area contributed by atoms with Crippen LogP contribution in [0, 0.1) is 0 Å². The topological polar surface area (TPSA) is 28.2 Å². The van der Waals surface area contributed by atoms with Crippen molar-refractivity contribution in [3.63, 3.8) is 0 Å². The van der Waals surface area contributed by atoms with Crippen molar-refractivity contribution >= 4 is 47.9 Å². The summed E-state index contributed by atoms with van der Waals surface area (Å²) in [6.07, 6.45) is 7.72. The van der Waals surface area contributed by atoms with E-state index in [4.69, 9.17) is 10.6 Å². The molecule has 0 unspecified atom stereocenters. The van der Waals surface area contributed by atoms with Crippen LogP contribution in [0.3, 0.4) is 0 Å². The molecule has 0 aliphatic carbocycles. The molecule has 0 aromatic heterocycles. The molecule has 2 saturated heterocycles. The van der Waals surface area contributed by atoms with Gasteiger partial charge in [-0.2, -0.15) is 0 Å². The molecule has 7 heteroatoms. The molecule has 0 saturated carbocycles. The molecule has 0 N–H and O–H groups in total. The summed E-state index contributed by atoms with van der Waals surface area (Å²) in [5.41, 5.74) is 0.951. The van der Waals surface area contributed by atoms with Crippen LogP contribution in [0.5, 0.6) is 0 Å². The van der Waals surface area contributed by atoms with E-state index in [-0.39, 0.29) is 113 Å². The van der Waals surface area contributed by atoms with Gasteiger partial charge in [-0.1, -0.05) is 93.9 Å². The Morgan fingerprint density at radius 3 is 0.800 bits per heavy atom. The number of hydrogen-bond acceptors (Lipinski definition) is 0. The molecule has 0 spiro atoms. The van der Waals surface area contributed by atoms with Crippen molar-refractivity contribution in [3.05, 3.63) is 10.6 Å². The summed E-state index contributed by atoms with van der Waals surface area (Å²) in [6, 6.07) is 0. The van der Waals surface area contributed by atoms with E-state index in [1.165, 1.54) is 38.5 Å². The van der Waals surface area contributed by atoms with Crippen molar-refractivity contribution < 1.29 is 42.6 Å². The van der Waals surface area contributed by atoms with E-state index >= 15 is 0 Å². The molecule has 2 fully saturated rings. The summed E-state index contributed by atoms with van der Waals surface area (Å²) >= 11 is 0. The molecule has 2 rings (SSSR count). The SMILES string of the molecule is CC1(C)CCCC(C)(C)[N-]1.CC1(C)CCCC(C)(C)[N-]1.Cl.Cl.[H-].[H-].[H-].[Li+].[Mg+2].[Zn+2]. The molecule has 2 nitrogen and oxygen atoms in total. The van der Waals surface area contributed by atoms with Crippen LogP contribution in [0.15, 0.2) is 0 Å². The number of halogens is 2. The van der Waals surface area contributed by atoms with E-state index in [0.29, 0.717) is 0 Å². The van der Waals surface area contributed by atoms with E-state index in [0.717, 1.165) is 0 Å². The molecule has 0 aromatic rings. The van der Waals surface area contributed by atoms with E-state index in [9.17, 15) is 0 Å². The maximum Gasteiger partial charge on any atom is 2.00 e. The number of hydrogen-bond donors (Lipinski definition) is 0. The van der Waals surface area contributed by atoms with Crippen molar-refractivity contribution in [2.45, 2.75) is 116 Å². The van der Waals surface area contributed by atoms with Gasteiger partial charge in [-0.05, 0) is 0 Å². The van der Waals surface area contributed by atoms with Crippen molar-refractivity contribution in [2.75, 3.05) is 0 Å².